The highest BCUT2D eigenvalue weighted by Gasteiger charge is 2.15. The molecule has 2 rings (SSSR count). The van der Waals surface area contributed by atoms with Crippen LogP contribution in [-0.4, -0.2) is 18.1 Å². The van der Waals surface area contributed by atoms with Crippen LogP contribution in [0.15, 0.2) is 18.2 Å². The molecule has 4 heteroatoms. The summed E-state index contributed by atoms with van der Waals surface area (Å²) >= 11 is 1.95. The van der Waals surface area contributed by atoms with E-state index >= 15 is 0 Å². The largest absolute Gasteiger partial charge is 0.382 e. The summed E-state index contributed by atoms with van der Waals surface area (Å²) in [6.45, 7) is 0.815. The van der Waals surface area contributed by atoms with Gasteiger partial charge in [0.15, 0.2) is 0 Å². The average molecular weight is 236 g/mol. The number of halogens is 1. The van der Waals surface area contributed by atoms with Crippen molar-refractivity contribution < 1.29 is 4.39 Å². The van der Waals surface area contributed by atoms with E-state index in [-0.39, 0.29) is 5.82 Å². The Bertz CT molecular complexity index is 408. The van der Waals surface area contributed by atoms with Gasteiger partial charge in [-0.3, -0.25) is 0 Å². The topological polar surface area (TPSA) is 35.8 Å². The van der Waals surface area contributed by atoms with Crippen LogP contribution < -0.4 is 5.32 Å². The standard InChI is InChI=1S/C12H13FN2S/c13-11-5-9(6-14)1-2-12(11)15-7-10-3-4-16-8-10/h1-2,5,10,15H,3-4,7-8H2. The Balaban J connectivity index is 1.96. The molecule has 1 aromatic rings. The number of thioether (sulfide) groups is 1. The van der Waals surface area contributed by atoms with Crippen molar-refractivity contribution in [2.45, 2.75) is 6.42 Å². The predicted octanol–water partition coefficient (Wildman–Crippen LogP) is 2.86. The normalized spacial score (nSPS) is 19.4. The van der Waals surface area contributed by atoms with Gasteiger partial charge >= 0.3 is 0 Å². The third-order valence-corrected chi connectivity index (χ3v) is 3.93. The van der Waals surface area contributed by atoms with Gasteiger partial charge in [-0.25, -0.2) is 4.39 Å². The van der Waals surface area contributed by atoms with Crippen molar-refractivity contribution in [1.82, 2.24) is 0 Å². The van der Waals surface area contributed by atoms with Gasteiger partial charge in [-0.1, -0.05) is 0 Å². The molecule has 84 valence electrons. The number of hydrogen-bond donors (Lipinski definition) is 1. The summed E-state index contributed by atoms with van der Waals surface area (Å²) in [5.74, 6) is 2.66. The van der Waals surface area contributed by atoms with Gasteiger partial charge < -0.3 is 5.32 Å². The lowest BCUT2D eigenvalue weighted by atomic mass is 10.1. The number of anilines is 1. The zero-order valence-electron chi connectivity index (χ0n) is 8.87. The molecule has 0 radical (unpaired) electrons. The van der Waals surface area contributed by atoms with E-state index in [1.54, 1.807) is 12.1 Å². The van der Waals surface area contributed by atoms with E-state index in [1.807, 2.05) is 17.8 Å². The maximum absolute atomic E-state index is 13.5. The molecule has 1 atom stereocenters. The molecule has 1 saturated heterocycles. The van der Waals surface area contributed by atoms with E-state index in [4.69, 9.17) is 5.26 Å². The first-order chi connectivity index (χ1) is 7.79. The highest BCUT2D eigenvalue weighted by atomic mass is 32.2. The molecule has 1 aliphatic heterocycles. The van der Waals surface area contributed by atoms with Crippen molar-refractivity contribution in [1.29, 1.82) is 5.26 Å². The third-order valence-electron chi connectivity index (χ3n) is 2.70. The second-order valence-electron chi connectivity index (χ2n) is 3.92. The molecule has 0 amide bonds. The minimum atomic E-state index is -0.343. The average Bonchev–Trinajstić information content (AvgIpc) is 2.80. The number of benzene rings is 1. The molecular weight excluding hydrogens is 223 g/mol. The Kier molecular flexibility index (Phi) is 3.68. The van der Waals surface area contributed by atoms with Crippen LogP contribution in [0.25, 0.3) is 0 Å². The summed E-state index contributed by atoms with van der Waals surface area (Å²) in [4.78, 5) is 0. The minimum Gasteiger partial charge on any atom is -0.382 e. The zero-order valence-corrected chi connectivity index (χ0v) is 9.69. The fraction of sp³-hybridized carbons (Fsp3) is 0.417. The molecular formula is C12H13FN2S. The number of hydrogen-bond acceptors (Lipinski definition) is 3. The number of nitrogens with zero attached hydrogens (tertiary/aromatic N) is 1. The SMILES string of the molecule is N#Cc1ccc(NCC2CCSC2)c(F)c1. The fourth-order valence-electron chi connectivity index (χ4n) is 1.73. The van der Waals surface area contributed by atoms with E-state index in [9.17, 15) is 4.39 Å². The van der Waals surface area contributed by atoms with E-state index in [0.717, 1.165) is 12.3 Å². The summed E-state index contributed by atoms with van der Waals surface area (Å²) in [5, 5.41) is 11.7. The molecule has 2 nitrogen and oxygen atoms in total. The second kappa shape index (κ2) is 5.22. The maximum Gasteiger partial charge on any atom is 0.147 e. The van der Waals surface area contributed by atoms with Crippen molar-refractivity contribution in [3.05, 3.63) is 29.6 Å². The van der Waals surface area contributed by atoms with Gasteiger partial charge in [0.2, 0.25) is 0 Å². The van der Waals surface area contributed by atoms with Crippen LogP contribution in [-0.2, 0) is 0 Å². The molecule has 0 aromatic heterocycles. The van der Waals surface area contributed by atoms with Gasteiger partial charge in [-0.05, 0) is 42.0 Å². The van der Waals surface area contributed by atoms with Crippen molar-refractivity contribution in [3.63, 3.8) is 0 Å². The lowest BCUT2D eigenvalue weighted by Crippen LogP contribution is -2.14. The smallest absolute Gasteiger partial charge is 0.147 e. The van der Waals surface area contributed by atoms with Gasteiger partial charge in [0.25, 0.3) is 0 Å². The van der Waals surface area contributed by atoms with Gasteiger partial charge in [-0.2, -0.15) is 17.0 Å². The highest BCUT2D eigenvalue weighted by molar-refractivity contribution is 7.99. The van der Waals surface area contributed by atoms with Crippen LogP contribution >= 0.6 is 11.8 Å². The van der Waals surface area contributed by atoms with Crippen molar-refractivity contribution in [3.8, 4) is 6.07 Å². The molecule has 1 fully saturated rings. The van der Waals surface area contributed by atoms with Crippen LogP contribution in [0.3, 0.4) is 0 Å². The Morgan fingerprint density at radius 1 is 1.56 bits per heavy atom. The number of rotatable bonds is 3. The highest BCUT2D eigenvalue weighted by Crippen LogP contribution is 2.24. The molecule has 0 aliphatic carbocycles. The molecule has 0 saturated carbocycles. The first-order valence-electron chi connectivity index (χ1n) is 5.31. The van der Waals surface area contributed by atoms with Gasteiger partial charge in [0.05, 0.1) is 17.3 Å². The summed E-state index contributed by atoms with van der Waals surface area (Å²) in [7, 11) is 0. The molecule has 1 aromatic carbocycles. The maximum atomic E-state index is 13.5. The molecule has 1 heterocycles. The summed E-state index contributed by atoms with van der Waals surface area (Å²) in [5.41, 5.74) is 0.857. The number of nitriles is 1. The van der Waals surface area contributed by atoms with Crippen LogP contribution in [0.5, 0.6) is 0 Å². The van der Waals surface area contributed by atoms with Crippen LogP contribution in [0.2, 0.25) is 0 Å². The van der Waals surface area contributed by atoms with Gasteiger partial charge in [-0.15, -0.1) is 0 Å². The molecule has 1 aliphatic rings. The third kappa shape index (κ3) is 2.67. The summed E-state index contributed by atoms with van der Waals surface area (Å²) < 4.78 is 13.5. The molecule has 1 N–H and O–H groups in total. The Morgan fingerprint density at radius 2 is 2.44 bits per heavy atom. The second-order valence-corrected chi connectivity index (χ2v) is 5.07. The van der Waals surface area contributed by atoms with Crippen molar-refractivity contribution in [2.75, 3.05) is 23.4 Å². The van der Waals surface area contributed by atoms with E-state index in [0.29, 0.717) is 17.2 Å². The van der Waals surface area contributed by atoms with Crippen molar-refractivity contribution in [2.24, 2.45) is 5.92 Å². The molecule has 0 spiro atoms. The van der Waals surface area contributed by atoms with E-state index < -0.39 is 0 Å². The minimum absolute atomic E-state index is 0.343. The fourth-order valence-corrected chi connectivity index (χ4v) is 3.01. The monoisotopic (exact) mass is 236 g/mol. The van der Waals surface area contributed by atoms with Crippen LogP contribution in [0.4, 0.5) is 10.1 Å². The predicted molar refractivity (Wildman–Crippen MR) is 65.0 cm³/mol. The lowest BCUT2D eigenvalue weighted by Gasteiger charge is -2.11. The van der Waals surface area contributed by atoms with Gasteiger partial charge in [0.1, 0.15) is 5.82 Å². The van der Waals surface area contributed by atoms with Crippen molar-refractivity contribution >= 4 is 17.4 Å². The Hall–Kier alpha value is -1.21. The summed E-state index contributed by atoms with van der Waals surface area (Å²) in [6, 6.07) is 6.46. The number of nitrogens with one attached hydrogen (secondary N) is 1. The zero-order chi connectivity index (χ0) is 11.4. The lowest BCUT2D eigenvalue weighted by molar-refractivity contribution is 0.611. The first kappa shape index (κ1) is 11.3. The Labute approximate surface area is 98.8 Å². The van der Waals surface area contributed by atoms with E-state index in [2.05, 4.69) is 5.32 Å². The Morgan fingerprint density at radius 3 is 3.06 bits per heavy atom. The quantitative estimate of drug-likeness (QED) is 0.876. The summed E-state index contributed by atoms with van der Waals surface area (Å²) in [6.07, 6.45) is 1.20. The first-order valence-corrected chi connectivity index (χ1v) is 6.46. The van der Waals surface area contributed by atoms with E-state index in [1.165, 1.54) is 18.2 Å². The van der Waals surface area contributed by atoms with Gasteiger partial charge in [0, 0.05) is 6.54 Å². The molecule has 1 unspecified atom stereocenters. The molecule has 0 bridgehead atoms. The van der Waals surface area contributed by atoms with Crippen LogP contribution in [0.1, 0.15) is 12.0 Å². The van der Waals surface area contributed by atoms with Crippen LogP contribution in [0, 0.1) is 23.1 Å². The molecule has 16 heavy (non-hydrogen) atoms.